The van der Waals surface area contributed by atoms with Crippen LogP contribution in [0.1, 0.15) is 47.0 Å². The van der Waals surface area contributed by atoms with Gasteiger partial charge < -0.3 is 5.32 Å². The molecule has 0 aromatic carbocycles. The van der Waals surface area contributed by atoms with E-state index < -0.39 is 0 Å². The zero-order valence-electron chi connectivity index (χ0n) is 13.6. The Balaban J connectivity index is 1.91. The van der Waals surface area contributed by atoms with E-state index in [2.05, 4.69) is 49.9 Å². The molecule has 1 saturated heterocycles. The van der Waals surface area contributed by atoms with Crippen molar-refractivity contribution in [2.75, 3.05) is 33.2 Å². The van der Waals surface area contributed by atoms with Gasteiger partial charge in [-0.1, -0.05) is 20.8 Å². The summed E-state index contributed by atoms with van der Waals surface area (Å²) in [4.78, 5) is 5.40. The minimum atomic E-state index is 0.452. The van der Waals surface area contributed by atoms with Gasteiger partial charge >= 0.3 is 0 Å². The highest BCUT2D eigenvalue weighted by atomic mass is 15.3. The van der Waals surface area contributed by atoms with E-state index in [4.69, 9.17) is 0 Å². The first-order chi connectivity index (χ1) is 8.99. The summed E-state index contributed by atoms with van der Waals surface area (Å²) in [6.07, 6.45) is 3.99. The van der Waals surface area contributed by atoms with E-state index in [-0.39, 0.29) is 0 Å². The number of hydrogen-bond acceptors (Lipinski definition) is 3. The summed E-state index contributed by atoms with van der Waals surface area (Å²) in [6, 6.07) is 2.16. The van der Waals surface area contributed by atoms with E-state index in [1.54, 1.807) is 0 Å². The van der Waals surface area contributed by atoms with Crippen molar-refractivity contribution >= 4 is 0 Å². The molecule has 3 heteroatoms. The third-order valence-corrected chi connectivity index (χ3v) is 5.65. The van der Waals surface area contributed by atoms with Crippen LogP contribution in [0.15, 0.2) is 0 Å². The van der Waals surface area contributed by atoms with Gasteiger partial charge in [0.1, 0.15) is 0 Å². The Kier molecular flexibility index (Phi) is 4.91. The average Bonchev–Trinajstić information content (AvgIpc) is 2.72. The number of hydrogen-bond donors (Lipinski definition) is 1. The molecule has 2 rings (SSSR count). The Morgan fingerprint density at radius 3 is 2.37 bits per heavy atom. The second-order valence-electron chi connectivity index (χ2n) is 7.19. The van der Waals surface area contributed by atoms with Gasteiger partial charge in [0, 0.05) is 44.3 Å². The highest BCUT2D eigenvalue weighted by Crippen LogP contribution is 2.39. The summed E-state index contributed by atoms with van der Waals surface area (Å²) < 4.78 is 0. The Morgan fingerprint density at radius 2 is 1.84 bits per heavy atom. The van der Waals surface area contributed by atoms with Crippen LogP contribution in [0.25, 0.3) is 0 Å². The first-order valence-corrected chi connectivity index (χ1v) is 8.15. The van der Waals surface area contributed by atoms with Gasteiger partial charge in [0.2, 0.25) is 0 Å². The van der Waals surface area contributed by atoms with Crippen molar-refractivity contribution in [1.29, 1.82) is 0 Å². The summed E-state index contributed by atoms with van der Waals surface area (Å²) in [7, 11) is 2.14. The van der Waals surface area contributed by atoms with Crippen LogP contribution in [0.2, 0.25) is 0 Å². The lowest BCUT2D eigenvalue weighted by atomic mass is 9.86. The van der Waals surface area contributed by atoms with Crippen LogP contribution in [0.4, 0.5) is 0 Å². The van der Waals surface area contributed by atoms with Gasteiger partial charge in [-0.3, -0.25) is 9.80 Å². The van der Waals surface area contributed by atoms with Crippen LogP contribution in [0.3, 0.4) is 0 Å². The Morgan fingerprint density at radius 1 is 1.21 bits per heavy atom. The number of nitrogens with zero attached hydrogens (tertiary/aromatic N) is 2. The minimum absolute atomic E-state index is 0.452. The number of nitrogens with one attached hydrogen (secondary N) is 1. The van der Waals surface area contributed by atoms with E-state index in [0.717, 1.165) is 12.1 Å². The molecular weight excluding hydrogens is 234 g/mol. The molecule has 19 heavy (non-hydrogen) atoms. The molecule has 0 aromatic rings. The van der Waals surface area contributed by atoms with Crippen LogP contribution < -0.4 is 5.32 Å². The second kappa shape index (κ2) is 6.11. The molecule has 0 radical (unpaired) electrons. The highest BCUT2D eigenvalue weighted by Gasteiger charge is 2.44. The molecule has 1 aliphatic heterocycles. The lowest BCUT2D eigenvalue weighted by molar-refractivity contribution is 0.0593. The van der Waals surface area contributed by atoms with E-state index in [0.29, 0.717) is 11.5 Å². The van der Waals surface area contributed by atoms with Crippen molar-refractivity contribution in [3.63, 3.8) is 0 Å². The van der Waals surface area contributed by atoms with Crippen molar-refractivity contribution in [1.82, 2.24) is 15.1 Å². The van der Waals surface area contributed by atoms with E-state index in [9.17, 15) is 0 Å². The molecule has 0 bridgehead atoms. The maximum absolute atomic E-state index is 3.59. The molecule has 1 N–H and O–H groups in total. The van der Waals surface area contributed by atoms with Gasteiger partial charge in [-0.05, 0) is 38.6 Å². The summed E-state index contributed by atoms with van der Waals surface area (Å²) >= 11 is 0. The lowest BCUT2D eigenvalue weighted by Gasteiger charge is -2.43. The molecule has 3 nitrogen and oxygen atoms in total. The van der Waals surface area contributed by atoms with E-state index >= 15 is 0 Å². The molecule has 1 aliphatic carbocycles. The molecular formula is C16H33N3. The van der Waals surface area contributed by atoms with Gasteiger partial charge in [-0.25, -0.2) is 0 Å². The standard InChI is InChI=1S/C16H33N3/c1-6-13(2)18-9-11-19(12-10-18)14-7-8-16(3,4)15(14)17-5/h13-15,17H,6-12H2,1-5H3. The highest BCUT2D eigenvalue weighted by molar-refractivity contribution is 5.01. The zero-order chi connectivity index (χ0) is 14.0. The fourth-order valence-corrected chi connectivity index (χ4v) is 4.11. The van der Waals surface area contributed by atoms with Crippen LogP contribution in [0.5, 0.6) is 0 Å². The molecule has 112 valence electrons. The van der Waals surface area contributed by atoms with Crippen molar-refractivity contribution in [3.8, 4) is 0 Å². The van der Waals surface area contributed by atoms with Crippen molar-refractivity contribution < 1.29 is 0 Å². The number of piperazine rings is 1. The Bertz CT molecular complexity index is 282. The predicted octanol–water partition coefficient (Wildman–Crippen LogP) is 2.18. The Labute approximate surface area is 119 Å². The fraction of sp³-hybridized carbons (Fsp3) is 1.00. The van der Waals surface area contributed by atoms with Crippen LogP contribution in [-0.4, -0.2) is 61.2 Å². The zero-order valence-corrected chi connectivity index (χ0v) is 13.6. The monoisotopic (exact) mass is 267 g/mol. The maximum Gasteiger partial charge on any atom is 0.0271 e. The SMILES string of the molecule is CCC(C)N1CCN(C2CCC(C)(C)C2NC)CC1. The predicted molar refractivity (Wildman–Crippen MR) is 82.5 cm³/mol. The van der Waals surface area contributed by atoms with Crippen molar-refractivity contribution in [3.05, 3.63) is 0 Å². The van der Waals surface area contributed by atoms with Gasteiger partial charge in [0.25, 0.3) is 0 Å². The van der Waals surface area contributed by atoms with Crippen LogP contribution in [-0.2, 0) is 0 Å². The van der Waals surface area contributed by atoms with Crippen LogP contribution >= 0.6 is 0 Å². The summed E-state index contributed by atoms with van der Waals surface area (Å²) in [6.45, 7) is 14.5. The van der Waals surface area contributed by atoms with Crippen LogP contribution in [0, 0.1) is 5.41 Å². The third kappa shape index (κ3) is 3.14. The molecule has 3 atom stereocenters. The van der Waals surface area contributed by atoms with E-state index in [1.165, 1.54) is 45.4 Å². The quantitative estimate of drug-likeness (QED) is 0.842. The Hall–Kier alpha value is -0.120. The summed E-state index contributed by atoms with van der Waals surface area (Å²) in [5.41, 5.74) is 0.452. The largest absolute Gasteiger partial charge is 0.315 e. The van der Waals surface area contributed by atoms with Crippen molar-refractivity contribution in [2.24, 2.45) is 5.41 Å². The molecule has 1 saturated carbocycles. The maximum atomic E-state index is 3.59. The fourth-order valence-electron chi connectivity index (χ4n) is 4.11. The first kappa shape index (κ1) is 15.3. The molecule has 2 aliphatic rings. The third-order valence-electron chi connectivity index (χ3n) is 5.65. The minimum Gasteiger partial charge on any atom is -0.315 e. The smallest absolute Gasteiger partial charge is 0.0271 e. The second-order valence-corrected chi connectivity index (χ2v) is 7.19. The number of likely N-dealkylation sites (N-methyl/N-ethyl adjacent to an activating group) is 1. The molecule has 0 aromatic heterocycles. The molecule has 0 amide bonds. The van der Waals surface area contributed by atoms with Gasteiger partial charge in [0.15, 0.2) is 0 Å². The first-order valence-electron chi connectivity index (χ1n) is 8.15. The molecule has 0 spiro atoms. The number of rotatable bonds is 4. The van der Waals surface area contributed by atoms with Gasteiger partial charge in [-0.2, -0.15) is 0 Å². The van der Waals surface area contributed by atoms with E-state index in [1.807, 2.05) is 0 Å². The molecule has 3 unspecified atom stereocenters. The lowest BCUT2D eigenvalue weighted by Crippen LogP contribution is -2.57. The summed E-state index contributed by atoms with van der Waals surface area (Å²) in [5, 5.41) is 3.59. The average molecular weight is 267 g/mol. The normalized spacial score (nSPS) is 34.6. The van der Waals surface area contributed by atoms with Crippen molar-refractivity contribution in [2.45, 2.75) is 65.1 Å². The van der Waals surface area contributed by atoms with Gasteiger partial charge in [-0.15, -0.1) is 0 Å². The summed E-state index contributed by atoms with van der Waals surface area (Å²) in [5.74, 6) is 0. The molecule has 2 fully saturated rings. The topological polar surface area (TPSA) is 18.5 Å². The molecule has 1 heterocycles. The van der Waals surface area contributed by atoms with Gasteiger partial charge in [0.05, 0.1) is 0 Å².